The maximum atomic E-state index is 14.8. The van der Waals surface area contributed by atoms with Gasteiger partial charge in [0.15, 0.2) is 18.4 Å². The molecule has 56 heavy (non-hydrogen) atoms. The number of benzene rings is 5. The van der Waals surface area contributed by atoms with Crippen LogP contribution in [0.25, 0.3) is 10.9 Å². The van der Waals surface area contributed by atoms with Gasteiger partial charge in [0.25, 0.3) is 5.91 Å². The number of amides is 1. The van der Waals surface area contributed by atoms with Crippen molar-refractivity contribution in [2.45, 2.75) is 31.1 Å². The first-order valence-electron chi connectivity index (χ1n) is 17.4. The number of ether oxygens (including phenoxy) is 4. The van der Waals surface area contributed by atoms with Crippen LogP contribution in [0.2, 0.25) is 5.02 Å². The highest BCUT2D eigenvalue weighted by Crippen LogP contribution is 2.37. The van der Waals surface area contributed by atoms with E-state index in [4.69, 9.17) is 30.5 Å². The third-order valence-electron chi connectivity index (χ3n) is 9.06. The Morgan fingerprint density at radius 3 is 1.86 bits per heavy atom. The van der Waals surface area contributed by atoms with Crippen molar-refractivity contribution in [3.63, 3.8) is 0 Å². The maximum Gasteiger partial charge on any atom is 0.338 e. The van der Waals surface area contributed by atoms with Gasteiger partial charge < -0.3 is 28.8 Å². The molecule has 0 saturated carbocycles. The van der Waals surface area contributed by atoms with Crippen molar-refractivity contribution < 1.29 is 42.5 Å². The van der Waals surface area contributed by atoms with E-state index < -0.39 is 66.2 Å². The van der Waals surface area contributed by atoms with Crippen molar-refractivity contribution in [1.29, 1.82) is 0 Å². The predicted molar refractivity (Wildman–Crippen MR) is 203 cm³/mol. The first kappa shape index (κ1) is 37.7. The number of hydrogen-bond acceptors (Lipinski definition) is 9. The molecule has 1 N–H and O–H groups in total. The molecular formula is C43H32ClFN2O9. The lowest BCUT2D eigenvalue weighted by Crippen LogP contribution is -2.41. The summed E-state index contributed by atoms with van der Waals surface area (Å²) in [6.07, 6.45) is -4.36. The topological polar surface area (TPSA) is 139 Å². The smallest absolute Gasteiger partial charge is 0.338 e. The fourth-order valence-corrected chi connectivity index (χ4v) is 6.39. The fraction of sp³-hybridized carbons (Fsp3) is 0.140. The number of aromatic nitrogens is 1. The SMILES string of the molecule is O=C(OC[C@H]1O[C@@H](n2cc(C(=O)NCc3ccc(Cl)cc3)c(=O)c3cc(F)ccc32)[C@H](OC(=O)c2ccccc2)[C@@H]1OC(=O)c1ccccc1)c1ccccc1. The standard InChI is InChI=1S/C43H32ClFN2O9/c44-30-18-16-26(17-19-30)23-46-39(49)33-24-47(34-21-20-31(45)22-32(34)36(33)48)40-38(56-43(52)29-14-8-3-9-15-29)37(55-42(51)28-12-6-2-7-13-28)35(54-40)25-53-41(50)27-10-4-1-5-11-27/h1-22,24,35,37-38,40H,23,25H2,(H,46,49)/t35-,37-,38-,40-/m1/s1. The number of rotatable bonds is 11. The highest BCUT2D eigenvalue weighted by atomic mass is 35.5. The summed E-state index contributed by atoms with van der Waals surface area (Å²) < 4.78 is 40.3. The lowest BCUT2D eigenvalue weighted by molar-refractivity contribution is -0.0605. The minimum atomic E-state index is -1.48. The summed E-state index contributed by atoms with van der Waals surface area (Å²) in [6, 6.07) is 34.4. The fourth-order valence-electron chi connectivity index (χ4n) is 6.26. The Balaban J connectivity index is 1.32. The van der Waals surface area contributed by atoms with Gasteiger partial charge in [0, 0.05) is 23.2 Å². The van der Waals surface area contributed by atoms with Crippen molar-refractivity contribution in [3.05, 3.63) is 189 Å². The van der Waals surface area contributed by atoms with Gasteiger partial charge in [-0.25, -0.2) is 18.8 Å². The van der Waals surface area contributed by atoms with Crippen molar-refractivity contribution in [2.24, 2.45) is 0 Å². The number of halogens is 2. The molecule has 1 fully saturated rings. The summed E-state index contributed by atoms with van der Waals surface area (Å²) in [5.41, 5.74) is 0.214. The molecule has 13 heteroatoms. The van der Waals surface area contributed by atoms with Gasteiger partial charge in [-0.05, 0) is 72.3 Å². The Kier molecular flexibility index (Phi) is 11.3. The highest BCUT2D eigenvalue weighted by Gasteiger charge is 2.51. The van der Waals surface area contributed by atoms with E-state index >= 15 is 0 Å². The normalized spacial score (nSPS) is 17.5. The number of hydrogen-bond donors (Lipinski definition) is 1. The molecule has 7 rings (SSSR count). The molecule has 2 heterocycles. The zero-order chi connectivity index (χ0) is 39.2. The quantitative estimate of drug-likeness (QED) is 0.110. The summed E-state index contributed by atoms with van der Waals surface area (Å²) in [5, 5.41) is 3.02. The van der Waals surface area contributed by atoms with Gasteiger partial charge in [-0.15, -0.1) is 0 Å². The molecule has 4 atom stereocenters. The number of carbonyl (C=O) groups excluding carboxylic acids is 4. The molecule has 1 saturated heterocycles. The van der Waals surface area contributed by atoms with Gasteiger partial charge >= 0.3 is 17.9 Å². The van der Waals surface area contributed by atoms with Crippen LogP contribution in [0.4, 0.5) is 4.39 Å². The lowest BCUT2D eigenvalue weighted by Gasteiger charge is -2.26. The van der Waals surface area contributed by atoms with Gasteiger partial charge in [0.1, 0.15) is 24.1 Å². The molecule has 0 bridgehead atoms. The minimum absolute atomic E-state index is 0.0280. The molecule has 1 aromatic heterocycles. The van der Waals surface area contributed by atoms with Crippen LogP contribution >= 0.6 is 11.6 Å². The number of fused-ring (bicyclic) bond motifs is 1. The number of esters is 3. The molecule has 282 valence electrons. The number of pyridine rings is 1. The van der Waals surface area contributed by atoms with Gasteiger partial charge in [0.2, 0.25) is 5.43 Å². The second-order valence-electron chi connectivity index (χ2n) is 12.8. The summed E-state index contributed by atoms with van der Waals surface area (Å²) in [6.45, 7) is -0.447. The second kappa shape index (κ2) is 16.8. The van der Waals surface area contributed by atoms with Crippen molar-refractivity contribution >= 4 is 46.3 Å². The number of nitrogens with one attached hydrogen (secondary N) is 1. The van der Waals surface area contributed by atoms with E-state index in [1.54, 1.807) is 91.0 Å². The van der Waals surface area contributed by atoms with E-state index in [1.165, 1.54) is 41.1 Å². The van der Waals surface area contributed by atoms with Crippen LogP contribution in [0, 0.1) is 5.82 Å². The first-order valence-corrected chi connectivity index (χ1v) is 17.8. The van der Waals surface area contributed by atoms with E-state index in [9.17, 15) is 28.4 Å². The molecule has 1 aliphatic heterocycles. The Morgan fingerprint density at radius 1 is 0.714 bits per heavy atom. The van der Waals surface area contributed by atoms with E-state index in [1.807, 2.05) is 0 Å². The van der Waals surface area contributed by atoms with Gasteiger partial charge in [-0.3, -0.25) is 9.59 Å². The van der Waals surface area contributed by atoms with Gasteiger partial charge in [0.05, 0.1) is 22.2 Å². The van der Waals surface area contributed by atoms with Gasteiger partial charge in [-0.1, -0.05) is 78.3 Å². The summed E-state index contributed by atoms with van der Waals surface area (Å²) in [4.78, 5) is 68.0. The molecule has 1 aliphatic rings. The average molecular weight is 775 g/mol. The zero-order valence-electron chi connectivity index (χ0n) is 29.4. The highest BCUT2D eigenvalue weighted by molar-refractivity contribution is 6.30. The van der Waals surface area contributed by atoms with Gasteiger partial charge in [-0.2, -0.15) is 0 Å². The maximum absolute atomic E-state index is 14.8. The second-order valence-corrected chi connectivity index (χ2v) is 13.2. The van der Waals surface area contributed by atoms with E-state index in [2.05, 4.69) is 5.32 Å². The van der Waals surface area contributed by atoms with E-state index in [-0.39, 0.29) is 39.7 Å². The Bertz CT molecular complexity index is 2450. The van der Waals surface area contributed by atoms with Crippen LogP contribution in [0.5, 0.6) is 0 Å². The minimum Gasteiger partial charge on any atom is -0.459 e. The predicted octanol–water partition coefficient (Wildman–Crippen LogP) is 6.93. The third-order valence-corrected chi connectivity index (χ3v) is 9.31. The molecule has 0 radical (unpaired) electrons. The lowest BCUT2D eigenvalue weighted by atomic mass is 10.1. The number of carbonyl (C=O) groups is 4. The zero-order valence-corrected chi connectivity index (χ0v) is 30.1. The van der Waals surface area contributed by atoms with Crippen LogP contribution in [0.3, 0.4) is 0 Å². The average Bonchev–Trinajstić information content (AvgIpc) is 3.56. The molecule has 0 unspecified atom stereocenters. The van der Waals surface area contributed by atoms with E-state index in [0.29, 0.717) is 10.6 Å². The molecule has 11 nitrogen and oxygen atoms in total. The third kappa shape index (κ3) is 8.36. The van der Waals surface area contributed by atoms with Crippen LogP contribution in [-0.2, 0) is 25.5 Å². The summed E-state index contributed by atoms with van der Waals surface area (Å²) in [5.74, 6) is -3.86. The largest absolute Gasteiger partial charge is 0.459 e. The molecule has 5 aromatic carbocycles. The van der Waals surface area contributed by atoms with Crippen LogP contribution in [0.1, 0.15) is 53.2 Å². The molecule has 6 aromatic rings. The Hall–Kier alpha value is -6.63. The van der Waals surface area contributed by atoms with Crippen LogP contribution in [-0.4, -0.2) is 53.3 Å². The molecule has 0 spiro atoms. The van der Waals surface area contributed by atoms with Crippen LogP contribution in [0.15, 0.2) is 144 Å². The molecule has 0 aliphatic carbocycles. The van der Waals surface area contributed by atoms with E-state index in [0.717, 1.165) is 12.1 Å². The van der Waals surface area contributed by atoms with Crippen LogP contribution < -0.4 is 10.7 Å². The van der Waals surface area contributed by atoms with Crippen molar-refractivity contribution in [3.8, 4) is 0 Å². The summed E-state index contributed by atoms with van der Waals surface area (Å²) in [7, 11) is 0. The molecule has 1 amide bonds. The molecular weight excluding hydrogens is 743 g/mol. The number of nitrogens with zero attached hydrogens (tertiary/aromatic N) is 1. The van der Waals surface area contributed by atoms with Crippen molar-refractivity contribution in [1.82, 2.24) is 9.88 Å². The monoisotopic (exact) mass is 774 g/mol. The first-order chi connectivity index (χ1) is 27.2. The summed E-state index contributed by atoms with van der Waals surface area (Å²) >= 11 is 6.00. The Morgan fingerprint density at radius 2 is 1.27 bits per heavy atom. The Labute approximate surface area is 324 Å². The van der Waals surface area contributed by atoms with Crippen molar-refractivity contribution in [2.75, 3.05) is 6.61 Å².